The molecule has 1 aliphatic rings. The van der Waals surface area contributed by atoms with E-state index in [1.54, 1.807) is 0 Å². The minimum Gasteiger partial charge on any atom is -0.480 e. The number of hydrogen-bond donors (Lipinski definition) is 3. The Balaban J connectivity index is 2.06. The number of carbonyl (C=O) groups excluding carboxylic acids is 2. The van der Waals surface area contributed by atoms with E-state index >= 15 is 0 Å². The first-order valence-corrected chi connectivity index (χ1v) is 9.67. The minimum absolute atomic E-state index is 0.503. The summed E-state index contributed by atoms with van der Waals surface area (Å²) in [4.78, 5) is 26.3. The van der Waals surface area contributed by atoms with Crippen LogP contribution < -0.4 is 25.8 Å². The number of benzene rings is 2. The highest BCUT2D eigenvalue weighted by Crippen LogP contribution is 2.34. The molecule has 3 N–H and O–H groups in total. The normalized spacial score (nSPS) is 17.2. The number of ether oxygens (including phenoxy) is 1. The molecule has 1 unspecified atom stereocenters. The van der Waals surface area contributed by atoms with E-state index in [0.29, 0.717) is 24.1 Å². The molecular weight excluding hydrogens is 472 g/mol. The number of anilines is 2. The number of hydrogen-bond acceptors (Lipinski definition) is 5. The van der Waals surface area contributed by atoms with Crippen LogP contribution in [0.2, 0.25) is 0 Å². The number of nitrogens with zero attached hydrogens (tertiary/aromatic N) is 2. The van der Waals surface area contributed by atoms with Crippen LogP contribution in [0.4, 0.5) is 42.5 Å². The van der Waals surface area contributed by atoms with Gasteiger partial charge in [0.25, 0.3) is 5.91 Å². The molecule has 0 saturated carbocycles. The molecule has 34 heavy (non-hydrogen) atoms. The van der Waals surface area contributed by atoms with Gasteiger partial charge in [0, 0.05) is 13.1 Å². The van der Waals surface area contributed by atoms with E-state index in [-0.39, 0.29) is 0 Å². The quantitative estimate of drug-likeness (QED) is 0.539. The second kappa shape index (κ2) is 9.38. The highest BCUT2D eigenvalue weighted by molar-refractivity contribution is 6.07. The molecule has 0 bridgehead atoms. The molecule has 8 nitrogen and oxygen atoms in total. The maximum Gasteiger partial charge on any atom is 0.425 e. The molecular formula is C20H19F6N5O3. The molecule has 0 radical (unpaired) electrons. The zero-order valence-corrected chi connectivity index (χ0v) is 17.9. The van der Waals surface area contributed by atoms with Crippen LogP contribution in [0, 0.1) is 17.5 Å². The van der Waals surface area contributed by atoms with E-state index in [4.69, 9.17) is 4.74 Å². The molecule has 2 atom stereocenters. The van der Waals surface area contributed by atoms with Crippen LogP contribution in [0.15, 0.2) is 30.3 Å². The zero-order valence-electron chi connectivity index (χ0n) is 17.9. The average Bonchev–Trinajstić information content (AvgIpc) is 3.04. The first kappa shape index (κ1) is 25.1. The van der Waals surface area contributed by atoms with Crippen LogP contribution in [0.25, 0.3) is 0 Å². The van der Waals surface area contributed by atoms with E-state index in [1.807, 2.05) is 5.32 Å². The van der Waals surface area contributed by atoms with Crippen LogP contribution in [0.1, 0.15) is 17.3 Å². The maximum atomic E-state index is 15.0. The number of halogens is 6. The summed E-state index contributed by atoms with van der Waals surface area (Å²) in [7, 11) is 2.87. The fraction of sp³-hybridized carbons (Fsp3) is 0.300. The van der Waals surface area contributed by atoms with E-state index in [1.165, 1.54) is 14.1 Å². The van der Waals surface area contributed by atoms with Crippen molar-refractivity contribution in [3.05, 3.63) is 53.3 Å². The molecule has 1 aliphatic heterocycles. The van der Waals surface area contributed by atoms with Gasteiger partial charge in [0.15, 0.2) is 12.4 Å². The summed E-state index contributed by atoms with van der Waals surface area (Å²) in [5.74, 6) is -5.64. The molecule has 14 heteroatoms. The number of alkyl halides is 3. The second-order valence-corrected chi connectivity index (χ2v) is 7.20. The lowest BCUT2D eigenvalue weighted by Crippen LogP contribution is -2.46. The Hall–Kier alpha value is -3.52. The molecule has 0 spiro atoms. The first-order valence-electron chi connectivity index (χ1n) is 9.67. The molecule has 3 amide bonds. The third kappa shape index (κ3) is 4.87. The highest BCUT2D eigenvalue weighted by Gasteiger charge is 2.40. The van der Waals surface area contributed by atoms with Crippen molar-refractivity contribution in [1.82, 2.24) is 15.6 Å². The van der Waals surface area contributed by atoms with Crippen molar-refractivity contribution < 1.29 is 40.7 Å². The molecule has 2 aromatic carbocycles. The lowest BCUT2D eigenvalue weighted by Gasteiger charge is -2.22. The summed E-state index contributed by atoms with van der Waals surface area (Å²) in [5.41, 5.74) is 0.370. The molecule has 1 fully saturated rings. The Bertz CT molecular complexity index is 1090. The van der Waals surface area contributed by atoms with Gasteiger partial charge in [0.05, 0.1) is 5.56 Å². The predicted octanol–water partition coefficient (Wildman–Crippen LogP) is 3.57. The Kier molecular flexibility index (Phi) is 6.93. The number of nitrogens with one attached hydrogen (secondary N) is 3. The topological polar surface area (TPSA) is 85.9 Å². The van der Waals surface area contributed by atoms with Crippen molar-refractivity contribution in [3.63, 3.8) is 0 Å². The molecule has 3 rings (SSSR count). The first-order chi connectivity index (χ1) is 15.8. The number of rotatable bonds is 6. The van der Waals surface area contributed by atoms with E-state index in [9.17, 15) is 35.9 Å². The summed E-state index contributed by atoms with van der Waals surface area (Å²) in [5, 5.41) is 5.28. The Morgan fingerprint density at radius 3 is 2.29 bits per heavy atom. The summed E-state index contributed by atoms with van der Waals surface area (Å²) < 4.78 is 87.0. The van der Waals surface area contributed by atoms with Crippen LogP contribution in [-0.4, -0.2) is 49.5 Å². The monoisotopic (exact) mass is 491 g/mol. The maximum absolute atomic E-state index is 15.0. The summed E-state index contributed by atoms with van der Waals surface area (Å²) >= 11 is 0. The van der Waals surface area contributed by atoms with Gasteiger partial charge in [-0.25, -0.2) is 23.0 Å². The third-order valence-electron chi connectivity index (χ3n) is 4.91. The van der Waals surface area contributed by atoms with E-state index in [0.717, 1.165) is 23.1 Å². The van der Waals surface area contributed by atoms with Gasteiger partial charge >= 0.3 is 12.2 Å². The number of hydrazine groups is 1. The van der Waals surface area contributed by atoms with Crippen molar-refractivity contribution >= 4 is 23.3 Å². The van der Waals surface area contributed by atoms with Gasteiger partial charge < -0.3 is 10.1 Å². The highest BCUT2D eigenvalue weighted by atomic mass is 19.4. The van der Waals surface area contributed by atoms with E-state index in [2.05, 4.69) is 10.7 Å². The van der Waals surface area contributed by atoms with Gasteiger partial charge in [0.2, 0.25) is 0 Å². The van der Waals surface area contributed by atoms with Crippen molar-refractivity contribution in [2.75, 3.05) is 24.4 Å². The Labute approximate surface area is 189 Å². The van der Waals surface area contributed by atoms with Crippen LogP contribution in [-0.2, 0) is 0 Å². The molecule has 1 heterocycles. The summed E-state index contributed by atoms with van der Waals surface area (Å²) in [6, 6.07) is 3.16. The molecule has 2 aromatic rings. The number of amides is 3. The van der Waals surface area contributed by atoms with Gasteiger partial charge in [-0.2, -0.15) is 18.6 Å². The van der Waals surface area contributed by atoms with Crippen LogP contribution in [0.3, 0.4) is 0 Å². The average molecular weight is 491 g/mol. The zero-order chi connectivity index (χ0) is 25.4. The molecule has 1 saturated heterocycles. The van der Waals surface area contributed by atoms with Crippen molar-refractivity contribution in [2.45, 2.75) is 25.5 Å². The Morgan fingerprint density at radius 1 is 1.15 bits per heavy atom. The lowest BCUT2D eigenvalue weighted by molar-refractivity contribution is -0.189. The number of carbonyl (C=O) groups is 2. The number of urea groups is 1. The summed E-state index contributed by atoms with van der Waals surface area (Å²) in [6.45, 7) is 0.644. The third-order valence-corrected chi connectivity index (χ3v) is 4.91. The smallest absolute Gasteiger partial charge is 0.425 e. The van der Waals surface area contributed by atoms with Gasteiger partial charge in [-0.15, -0.1) is 0 Å². The van der Waals surface area contributed by atoms with Gasteiger partial charge in [0.1, 0.15) is 34.6 Å². The second-order valence-electron chi connectivity index (χ2n) is 7.20. The van der Waals surface area contributed by atoms with Gasteiger partial charge in [-0.3, -0.25) is 15.0 Å². The lowest BCUT2D eigenvalue weighted by atomic mass is 10.1. The van der Waals surface area contributed by atoms with Crippen LogP contribution in [0.5, 0.6) is 5.75 Å². The standard InChI is InChI=1S/C20H19F6N5O3/c1-9(20(24,25)26)34-15-8-14(31-19(33)30(3)18(27-2)29-31)13(23)7-10(15)17(32)28-16-11(21)5-4-6-12(16)22/h4-9,18,27,29H,1-3H3,(H,28,32)/t9-,18?/m0/s1. The SMILES string of the molecule is CNC1NN(c2cc(O[C@@H](C)C(F)(F)F)c(C(=O)Nc3c(F)cccc3F)cc2F)C(=O)N1C. The van der Waals surface area contributed by atoms with Gasteiger partial charge in [-0.1, -0.05) is 6.07 Å². The van der Waals surface area contributed by atoms with E-state index < -0.39 is 70.6 Å². The largest absolute Gasteiger partial charge is 0.480 e. The molecule has 0 aromatic heterocycles. The van der Waals surface area contributed by atoms with Crippen molar-refractivity contribution in [3.8, 4) is 5.75 Å². The fourth-order valence-corrected chi connectivity index (χ4v) is 3.01. The predicted molar refractivity (Wildman–Crippen MR) is 108 cm³/mol. The van der Waals surface area contributed by atoms with Crippen molar-refractivity contribution in [1.29, 1.82) is 0 Å². The fourth-order valence-electron chi connectivity index (χ4n) is 3.01. The number of para-hydroxylation sites is 1. The molecule has 184 valence electrons. The Morgan fingerprint density at radius 2 is 1.76 bits per heavy atom. The van der Waals surface area contributed by atoms with Crippen molar-refractivity contribution in [2.24, 2.45) is 0 Å². The van der Waals surface area contributed by atoms with Crippen LogP contribution >= 0.6 is 0 Å². The summed E-state index contributed by atoms with van der Waals surface area (Å²) in [6.07, 6.45) is -8.08. The minimum atomic E-state index is -4.86. The van der Waals surface area contributed by atoms with Gasteiger partial charge in [-0.05, 0) is 32.2 Å². The molecule has 0 aliphatic carbocycles.